The summed E-state index contributed by atoms with van der Waals surface area (Å²) in [7, 11) is 0. The van der Waals surface area contributed by atoms with E-state index < -0.39 is 0 Å². The first-order valence-electron chi connectivity index (χ1n) is 8.14. The van der Waals surface area contributed by atoms with Crippen LogP contribution in [0.25, 0.3) is 0 Å². The van der Waals surface area contributed by atoms with E-state index in [0.717, 1.165) is 23.2 Å². The summed E-state index contributed by atoms with van der Waals surface area (Å²) in [4.78, 5) is 12.0. The second-order valence-corrected chi connectivity index (χ2v) is 5.95. The van der Waals surface area contributed by atoms with Gasteiger partial charge in [0.2, 0.25) is 5.91 Å². The number of carbonyl (C=O) groups is 1. The molecule has 0 bridgehead atoms. The van der Waals surface area contributed by atoms with Crippen molar-refractivity contribution in [2.75, 3.05) is 11.9 Å². The molecule has 1 amide bonds. The van der Waals surface area contributed by atoms with Gasteiger partial charge in [-0.3, -0.25) is 4.79 Å². The molecule has 0 fully saturated rings. The molecule has 1 aromatic rings. The number of hydrogen-bond acceptors (Lipinski definition) is 2. The molecule has 0 spiro atoms. The number of carbonyl (C=O) groups excluding carboxylic acids is 1. The lowest BCUT2D eigenvalue weighted by Crippen LogP contribution is -2.34. The third kappa shape index (κ3) is 6.76. The molecule has 0 saturated heterocycles. The number of anilines is 1. The number of benzene rings is 1. The fourth-order valence-corrected chi connectivity index (χ4v) is 2.44. The van der Waals surface area contributed by atoms with Gasteiger partial charge in [0.15, 0.2) is 0 Å². The maximum atomic E-state index is 12.0. The molecular weight excluding hydrogens is 260 g/mol. The summed E-state index contributed by atoms with van der Waals surface area (Å²) >= 11 is 0. The Morgan fingerprint density at radius 2 is 1.81 bits per heavy atom. The molecule has 0 aliphatic heterocycles. The lowest BCUT2D eigenvalue weighted by molar-refractivity contribution is -0.115. The van der Waals surface area contributed by atoms with Crippen molar-refractivity contribution >= 4 is 11.6 Å². The van der Waals surface area contributed by atoms with Crippen LogP contribution in [-0.2, 0) is 4.79 Å². The van der Waals surface area contributed by atoms with Crippen LogP contribution in [0.3, 0.4) is 0 Å². The van der Waals surface area contributed by atoms with Crippen molar-refractivity contribution in [2.45, 2.75) is 65.8 Å². The van der Waals surface area contributed by atoms with E-state index in [1.54, 1.807) is 0 Å². The molecule has 0 aliphatic rings. The lowest BCUT2D eigenvalue weighted by Gasteiger charge is -2.15. The largest absolute Gasteiger partial charge is 0.324 e. The summed E-state index contributed by atoms with van der Waals surface area (Å²) < 4.78 is 0. The molecule has 118 valence electrons. The van der Waals surface area contributed by atoms with E-state index in [-0.39, 0.29) is 5.91 Å². The normalized spacial score (nSPS) is 12.2. The molecule has 0 unspecified atom stereocenters. The predicted octanol–water partition coefficient (Wildman–Crippen LogP) is 4.19. The average Bonchev–Trinajstić information content (AvgIpc) is 2.45. The Morgan fingerprint density at radius 3 is 2.43 bits per heavy atom. The first-order valence-corrected chi connectivity index (χ1v) is 8.14. The van der Waals surface area contributed by atoms with Crippen molar-refractivity contribution in [2.24, 2.45) is 0 Å². The molecule has 0 aliphatic carbocycles. The van der Waals surface area contributed by atoms with Gasteiger partial charge in [0, 0.05) is 11.7 Å². The second-order valence-electron chi connectivity index (χ2n) is 5.95. The summed E-state index contributed by atoms with van der Waals surface area (Å²) in [5.74, 6) is 0.0350. The quantitative estimate of drug-likeness (QED) is 0.670. The molecule has 1 rings (SSSR count). The van der Waals surface area contributed by atoms with Crippen molar-refractivity contribution < 1.29 is 4.79 Å². The highest BCUT2D eigenvalue weighted by molar-refractivity contribution is 5.93. The Kier molecular flexibility index (Phi) is 8.06. The van der Waals surface area contributed by atoms with Crippen LogP contribution in [0.2, 0.25) is 0 Å². The Morgan fingerprint density at radius 1 is 1.14 bits per heavy atom. The summed E-state index contributed by atoms with van der Waals surface area (Å²) in [5.41, 5.74) is 3.16. The number of para-hydroxylation sites is 1. The minimum absolute atomic E-state index is 0.0350. The molecule has 0 aromatic heterocycles. The van der Waals surface area contributed by atoms with Gasteiger partial charge >= 0.3 is 0 Å². The number of rotatable bonds is 9. The van der Waals surface area contributed by atoms with Crippen LogP contribution in [0.5, 0.6) is 0 Å². The van der Waals surface area contributed by atoms with Crippen molar-refractivity contribution in [1.82, 2.24) is 5.32 Å². The predicted molar refractivity (Wildman–Crippen MR) is 90.8 cm³/mol. The molecule has 1 aromatic carbocycles. The molecule has 21 heavy (non-hydrogen) atoms. The first-order chi connectivity index (χ1) is 10.0. The van der Waals surface area contributed by atoms with Gasteiger partial charge in [-0.25, -0.2) is 0 Å². The molecule has 3 heteroatoms. The lowest BCUT2D eigenvalue weighted by atomic mass is 10.1. The van der Waals surface area contributed by atoms with Crippen LogP contribution in [-0.4, -0.2) is 18.5 Å². The van der Waals surface area contributed by atoms with Gasteiger partial charge in [0.1, 0.15) is 0 Å². The van der Waals surface area contributed by atoms with E-state index >= 15 is 0 Å². The Bertz CT molecular complexity index is 423. The first kappa shape index (κ1) is 17.7. The minimum Gasteiger partial charge on any atom is -0.324 e. The zero-order valence-electron chi connectivity index (χ0n) is 14.0. The molecule has 1 atom stereocenters. The van der Waals surface area contributed by atoms with Crippen LogP contribution in [0.1, 0.15) is 57.1 Å². The minimum atomic E-state index is 0.0350. The zero-order chi connectivity index (χ0) is 15.7. The second kappa shape index (κ2) is 9.56. The molecule has 2 N–H and O–H groups in total. The van der Waals surface area contributed by atoms with E-state index in [9.17, 15) is 4.79 Å². The SMILES string of the molecule is CCCCCC[C@@H](C)NCC(=O)Nc1c(C)cccc1C. The number of nitrogens with one attached hydrogen (secondary N) is 2. The standard InChI is InChI=1S/C18H30N2O/c1-5-6-7-8-12-16(4)19-13-17(21)20-18-14(2)10-9-11-15(18)3/h9-11,16,19H,5-8,12-13H2,1-4H3,(H,20,21)/t16-/m1/s1. The van der Waals surface area contributed by atoms with E-state index in [2.05, 4.69) is 24.5 Å². The molecule has 3 nitrogen and oxygen atoms in total. The summed E-state index contributed by atoms with van der Waals surface area (Å²) in [5, 5.41) is 6.32. The smallest absolute Gasteiger partial charge is 0.238 e. The highest BCUT2D eigenvalue weighted by Crippen LogP contribution is 2.19. The third-order valence-electron chi connectivity index (χ3n) is 3.85. The van der Waals surface area contributed by atoms with E-state index in [0.29, 0.717) is 12.6 Å². The zero-order valence-corrected chi connectivity index (χ0v) is 14.0. The highest BCUT2D eigenvalue weighted by Gasteiger charge is 2.08. The van der Waals surface area contributed by atoms with Crippen molar-refractivity contribution in [3.8, 4) is 0 Å². The van der Waals surface area contributed by atoms with Crippen LogP contribution >= 0.6 is 0 Å². The third-order valence-corrected chi connectivity index (χ3v) is 3.85. The average molecular weight is 290 g/mol. The van der Waals surface area contributed by atoms with E-state index in [1.165, 1.54) is 25.7 Å². The molecule has 0 radical (unpaired) electrons. The van der Waals surface area contributed by atoms with E-state index in [1.807, 2.05) is 32.0 Å². The summed E-state index contributed by atoms with van der Waals surface area (Å²) in [6.07, 6.45) is 6.23. The molecule has 0 saturated carbocycles. The summed E-state index contributed by atoms with van der Waals surface area (Å²) in [6, 6.07) is 6.45. The van der Waals surface area contributed by atoms with Gasteiger partial charge in [-0.05, 0) is 38.3 Å². The van der Waals surface area contributed by atoms with Crippen LogP contribution in [0.4, 0.5) is 5.69 Å². The molecular formula is C18H30N2O. The van der Waals surface area contributed by atoms with Crippen LogP contribution in [0.15, 0.2) is 18.2 Å². The van der Waals surface area contributed by atoms with Crippen LogP contribution < -0.4 is 10.6 Å². The fraction of sp³-hybridized carbons (Fsp3) is 0.611. The van der Waals surface area contributed by atoms with Gasteiger partial charge in [0.25, 0.3) is 0 Å². The van der Waals surface area contributed by atoms with Crippen molar-refractivity contribution in [3.05, 3.63) is 29.3 Å². The van der Waals surface area contributed by atoms with Gasteiger partial charge < -0.3 is 10.6 Å². The van der Waals surface area contributed by atoms with E-state index in [4.69, 9.17) is 0 Å². The van der Waals surface area contributed by atoms with Crippen molar-refractivity contribution in [3.63, 3.8) is 0 Å². The van der Waals surface area contributed by atoms with Gasteiger partial charge in [0.05, 0.1) is 6.54 Å². The van der Waals surface area contributed by atoms with Gasteiger partial charge in [-0.2, -0.15) is 0 Å². The fourth-order valence-electron chi connectivity index (χ4n) is 2.44. The highest BCUT2D eigenvalue weighted by atomic mass is 16.1. The molecule has 0 heterocycles. The van der Waals surface area contributed by atoms with Crippen LogP contribution in [0, 0.1) is 13.8 Å². The Balaban J connectivity index is 2.31. The van der Waals surface area contributed by atoms with Gasteiger partial charge in [-0.1, -0.05) is 50.8 Å². The summed E-state index contributed by atoms with van der Waals surface area (Å²) in [6.45, 7) is 8.79. The number of aryl methyl sites for hydroxylation is 2. The van der Waals surface area contributed by atoms with Crippen molar-refractivity contribution in [1.29, 1.82) is 0 Å². The number of amides is 1. The maximum Gasteiger partial charge on any atom is 0.238 e. The monoisotopic (exact) mass is 290 g/mol. The topological polar surface area (TPSA) is 41.1 Å². The number of hydrogen-bond donors (Lipinski definition) is 2. The Labute approximate surface area is 129 Å². The Hall–Kier alpha value is -1.35. The van der Waals surface area contributed by atoms with Gasteiger partial charge in [-0.15, -0.1) is 0 Å². The number of unbranched alkanes of at least 4 members (excludes halogenated alkanes) is 3. The maximum absolute atomic E-state index is 12.0.